The molecule has 3 heteroatoms. The van der Waals surface area contributed by atoms with E-state index in [0.29, 0.717) is 11.0 Å². The van der Waals surface area contributed by atoms with E-state index in [1.807, 2.05) is 30.3 Å². The summed E-state index contributed by atoms with van der Waals surface area (Å²) in [6.07, 6.45) is 0.968. The summed E-state index contributed by atoms with van der Waals surface area (Å²) in [5.41, 5.74) is 0. The SMILES string of the molecule is CC(C)C(C)(C)[SiH2]OCCCOc1ccccc1. The molecule has 1 aromatic rings. The van der Waals surface area contributed by atoms with Crippen LogP contribution in [-0.4, -0.2) is 23.0 Å². The van der Waals surface area contributed by atoms with E-state index < -0.39 is 9.76 Å². The van der Waals surface area contributed by atoms with Gasteiger partial charge in [0.25, 0.3) is 0 Å². The van der Waals surface area contributed by atoms with E-state index in [4.69, 9.17) is 9.16 Å². The lowest BCUT2D eigenvalue weighted by atomic mass is 9.99. The molecule has 0 saturated heterocycles. The highest BCUT2D eigenvalue weighted by Gasteiger charge is 2.23. The van der Waals surface area contributed by atoms with E-state index in [-0.39, 0.29) is 0 Å². The van der Waals surface area contributed by atoms with Crippen molar-refractivity contribution in [3.63, 3.8) is 0 Å². The Morgan fingerprint density at radius 3 is 2.39 bits per heavy atom. The van der Waals surface area contributed by atoms with Gasteiger partial charge in [-0.2, -0.15) is 0 Å². The zero-order chi connectivity index (χ0) is 13.4. The van der Waals surface area contributed by atoms with Crippen molar-refractivity contribution in [1.29, 1.82) is 0 Å². The van der Waals surface area contributed by atoms with Crippen molar-refractivity contribution >= 4 is 9.76 Å². The van der Waals surface area contributed by atoms with Gasteiger partial charge in [0, 0.05) is 13.0 Å². The third-order valence-electron chi connectivity index (χ3n) is 3.48. The van der Waals surface area contributed by atoms with E-state index in [9.17, 15) is 0 Å². The number of benzene rings is 1. The maximum atomic E-state index is 5.86. The first-order valence-corrected chi connectivity index (χ1v) is 8.06. The maximum Gasteiger partial charge on any atom is 0.167 e. The number of ether oxygens (including phenoxy) is 1. The first-order valence-electron chi connectivity index (χ1n) is 6.78. The predicted molar refractivity (Wildman–Crippen MR) is 79.9 cm³/mol. The van der Waals surface area contributed by atoms with Crippen molar-refractivity contribution < 1.29 is 9.16 Å². The second kappa shape index (κ2) is 7.59. The van der Waals surface area contributed by atoms with Gasteiger partial charge in [0.2, 0.25) is 0 Å². The van der Waals surface area contributed by atoms with Crippen molar-refractivity contribution in [1.82, 2.24) is 0 Å². The van der Waals surface area contributed by atoms with Crippen LogP contribution in [0.25, 0.3) is 0 Å². The lowest BCUT2D eigenvalue weighted by Crippen LogP contribution is -2.22. The first kappa shape index (κ1) is 15.3. The fourth-order valence-corrected chi connectivity index (χ4v) is 2.58. The van der Waals surface area contributed by atoms with Gasteiger partial charge >= 0.3 is 0 Å². The second-order valence-corrected chi connectivity index (χ2v) is 8.23. The second-order valence-electron chi connectivity index (χ2n) is 5.71. The Hall–Kier alpha value is -0.803. The summed E-state index contributed by atoms with van der Waals surface area (Å²) in [6.45, 7) is 10.7. The number of para-hydroxylation sites is 1. The molecule has 0 aliphatic rings. The lowest BCUT2D eigenvalue weighted by Gasteiger charge is -2.28. The smallest absolute Gasteiger partial charge is 0.167 e. The van der Waals surface area contributed by atoms with Crippen molar-refractivity contribution in [3.05, 3.63) is 30.3 Å². The van der Waals surface area contributed by atoms with Crippen LogP contribution in [-0.2, 0) is 4.43 Å². The van der Waals surface area contributed by atoms with Crippen LogP contribution < -0.4 is 4.74 Å². The minimum atomic E-state index is -0.455. The molecule has 102 valence electrons. The van der Waals surface area contributed by atoms with Crippen molar-refractivity contribution in [2.24, 2.45) is 5.92 Å². The van der Waals surface area contributed by atoms with Gasteiger partial charge in [-0.3, -0.25) is 0 Å². The summed E-state index contributed by atoms with van der Waals surface area (Å²) in [5, 5.41) is 0.389. The van der Waals surface area contributed by atoms with Crippen LogP contribution in [0.4, 0.5) is 0 Å². The highest BCUT2D eigenvalue weighted by molar-refractivity contribution is 6.32. The van der Waals surface area contributed by atoms with Gasteiger partial charge in [-0.1, -0.05) is 45.9 Å². The molecule has 0 bridgehead atoms. The van der Waals surface area contributed by atoms with Crippen LogP contribution in [0.5, 0.6) is 5.75 Å². The van der Waals surface area contributed by atoms with Crippen LogP contribution in [0, 0.1) is 5.92 Å². The maximum absolute atomic E-state index is 5.86. The molecular formula is C15H26O2Si. The molecule has 0 spiro atoms. The Kier molecular flexibility index (Phi) is 6.43. The molecule has 0 aromatic heterocycles. The number of rotatable bonds is 8. The molecule has 0 saturated carbocycles. The minimum absolute atomic E-state index is 0.389. The average molecular weight is 266 g/mol. The Morgan fingerprint density at radius 1 is 1.11 bits per heavy atom. The predicted octanol–water partition coefficient (Wildman–Crippen LogP) is 3.41. The van der Waals surface area contributed by atoms with Crippen LogP contribution in [0.3, 0.4) is 0 Å². The molecule has 0 radical (unpaired) electrons. The zero-order valence-corrected chi connectivity index (χ0v) is 13.5. The van der Waals surface area contributed by atoms with Crippen LogP contribution in [0.1, 0.15) is 34.1 Å². The summed E-state index contributed by atoms with van der Waals surface area (Å²) < 4.78 is 11.5. The van der Waals surface area contributed by atoms with Crippen molar-refractivity contribution in [3.8, 4) is 5.75 Å². The summed E-state index contributed by atoms with van der Waals surface area (Å²) in [7, 11) is -0.455. The lowest BCUT2D eigenvalue weighted by molar-refractivity contribution is 0.243. The Bertz CT molecular complexity index is 323. The highest BCUT2D eigenvalue weighted by atomic mass is 28.2. The molecule has 18 heavy (non-hydrogen) atoms. The van der Waals surface area contributed by atoms with Crippen molar-refractivity contribution in [2.45, 2.75) is 39.2 Å². The fraction of sp³-hybridized carbons (Fsp3) is 0.600. The zero-order valence-electron chi connectivity index (χ0n) is 12.1. The quantitative estimate of drug-likeness (QED) is 0.530. The Labute approximate surface area is 114 Å². The van der Waals surface area contributed by atoms with Gasteiger partial charge in [-0.05, 0) is 23.1 Å². The van der Waals surface area contributed by atoms with Gasteiger partial charge in [0.05, 0.1) is 6.61 Å². The normalized spacial score (nSPS) is 12.5. The van der Waals surface area contributed by atoms with Crippen molar-refractivity contribution in [2.75, 3.05) is 13.2 Å². The molecule has 0 amide bonds. The number of hydrogen-bond acceptors (Lipinski definition) is 2. The van der Waals surface area contributed by atoms with Crippen LogP contribution in [0.15, 0.2) is 30.3 Å². The molecule has 0 N–H and O–H groups in total. The third-order valence-corrected chi connectivity index (χ3v) is 5.54. The van der Waals surface area contributed by atoms with E-state index in [1.165, 1.54) is 0 Å². The Balaban J connectivity index is 2.06. The topological polar surface area (TPSA) is 18.5 Å². The van der Waals surface area contributed by atoms with Gasteiger partial charge in [0.15, 0.2) is 9.76 Å². The van der Waals surface area contributed by atoms with Crippen LogP contribution >= 0.6 is 0 Å². The summed E-state index contributed by atoms with van der Waals surface area (Å²) in [5.74, 6) is 1.64. The molecule has 1 aromatic carbocycles. The Morgan fingerprint density at radius 2 is 1.78 bits per heavy atom. The van der Waals surface area contributed by atoms with Gasteiger partial charge < -0.3 is 9.16 Å². The average Bonchev–Trinajstić information content (AvgIpc) is 2.34. The van der Waals surface area contributed by atoms with E-state index >= 15 is 0 Å². The van der Waals surface area contributed by atoms with Gasteiger partial charge in [0.1, 0.15) is 5.75 Å². The van der Waals surface area contributed by atoms with E-state index in [0.717, 1.165) is 25.4 Å². The number of hydrogen-bond donors (Lipinski definition) is 0. The molecule has 1 rings (SSSR count). The molecule has 2 nitrogen and oxygen atoms in total. The monoisotopic (exact) mass is 266 g/mol. The standard InChI is InChI=1S/C15H26O2Si/c1-13(2)15(3,4)18-17-12-8-11-16-14-9-6-5-7-10-14/h5-7,9-10,13H,8,11-12,18H2,1-4H3. The first-order chi connectivity index (χ1) is 8.52. The molecular weight excluding hydrogens is 240 g/mol. The fourth-order valence-electron chi connectivity index (χ4n) is 1.37. The van der Waals surface area contributed by atoms with Gasteiger partial charge in [-0.25, -0.2) is 0 Å². The molecule has 0 fully saturated rings. The third kappa shape index (κ3) is 5.69. The molecule has 0 atom stereocenters. The summed E-state index contributed by atoms with van der Waals surface area (Å²) in [6, 6.07) is 9.94. The van der Waals surface area contributed by atoms with E-state index in [1.54, 1.807) is 0 Å². The molecule has 0 aliphatic carbocycles. The minimum Gasteiger partial charge on any atom is -0.494 e. The molecule has 0 unspecified atom stereocenters. The summed E-state index contributed by atoms with van der Waals surface area (Å²) in [4.78, 5) is 0. The van der Waals surface area contributed by atoms with Crippen LogP contribution in [0.2, 0.25) is 5.04 Å². The highest BCUT2D eigenvalue weighted by Crippen LogP contribution is 2.32. The van der Waals surface area contributed by atoms with Gasteiger partial charge in [-0.15, -0.1) is 0 Å². The molecule has 0 heterocycles. The molecule has 0 aliphatic heterocycles. The van der Waals surface area contributed by atoms with E-state index in [2.05, 4.69) is 27.7 Å². The largest absolute Gasteiger partial charge is 0.494 e. The summed E-state index contributed by atoms with van der Waals surface area (Å²) >= 11 is 0.